The lowest BCUT2D eigenvalue weighted by Gasteiger charge is -2.36. The number of fused-ring (bicyclic) bond motifs is 1. The van der Waals surface area contributed by atoms with Crippen LogP contribution in [0.15, 0.2) is 24.8 Å². The molecule has 0 saturated carbocycles. The van der Waals surface area contributed by atoms with Crippen molar-refractivity contribution in [2.45, 2.75) is 147 Å². The van der Waals surface area contributed by atoms with E-state index < -0.39 is 90.7 Å². The van der Waals surface area contributed by atoms with Crippen molar-refractivity contribution in [2.24, 2.45) is 5.41 Å². The number of nitrogens with one attached hydrogen (secondary N) is 2. The van der Waals surface area contributed by atoms with Crippen molar-refractivity contribution in [1.29, 1.82) is 0 Å². The Bertz CT molecular complexity index is 2080. The number of aliphatic hydroxyl groups is 3. The van der Waals surface area contributed by atoms with Crippen molar-refractivity contribution in [3.63, 3.8) is 0 Å². The van der Waals surface area contributed by atoms with Crippen LogP contribution in [0.5, 0.6) is 0 Å². The number of ether oxygens (including phenoxy) is 1. The van der Waals surface area contributed by atoms with Gasteiger partial charge in [0.1, 0.15) is 36.3 Å². The van der Waals surface area contributed by atoms with Crippen LogP contribution in [0, 0.1) is 5.41 Å². The molecule has 0 spiro atoms. The summed E-state index contributed by atoms with van der Waals surface area (Å²) in [7, 11) is -17.6. The number of carbonyl (C=O) groups excluding carboxylic acids is 3. The summed E-state index contributed by atoms with van der Waals surface area (Å²) >= 11 is 0.982. The minimum atomic E-state index is -5.93. The van der Waals surface area contributed by atoms with Gasteiger partial charge in [-0.25, -0.2) is 19.3 Å². The van der Waals surface area contributed by atoms with Crippen molar-refractivity contribution in [1.82, 2.24) is 30.2 Å². The average molecular weight is 1040 g/mol. The summed E-state index contributed by atoms with van der Waals surface area (Å²) in [5, 5.41) is 36.4. The molecule has 2 unspecified atom stereocenters. The average Bonchev–Trinajstić information content (AvgIpc) is 3.82. The number of amides is 2. The van der Waals surface area contributed by atoms with Gasteiger partial charge in [0.25, 0.3) is 15.6 Å². The number of thioether (sulfide) groups is 1. The maximum absolute atomic E-state index is 12.6. The largest absolute Gasteiger partial charge is 0.790 e. The van der Waals surface area contributed by atoms with Gasteiger partial charge in [-0.1, -0.05) is 89.6 Å². The Kier molecular flexibility index (Phi) is 25.4. The summed E-state index contributed by atoms with van der Waals surface area (Å²) in [5.74, 6) is -1.34. The predicted octanol–water partition coefficient (Wildman–Crippen LogP) is 1.15. The third kappa shape index (κ3) is 21.7. The molecule has 25 nitrogen and oxygen atoms in total. The lowest BCUT2D eigenvalue weighted by atomic mass is 9.87. The number of carbonyl (C=O) groups is 3. The van der Waals surface area contributed by atoms with Crippen LogP contribution < -0.4 is 35.9 Å². The van der Waals surface area contributed by atoms with Crippen molar-refractivity contribution in [3.8, 4) is 0 Å². The summed E-state index contributed by atoms with van der Waals surface area (Å²) in [6.45, 7) is 2.20. The highest BCUT2D eigenvalue weighted by atomic mass is 32.2. The van der Waals surface area contributed by atoms with E-state index in [-0.39, 0.29) is 53.8 Å². The second-order valence-corrected chi connectivity index (χ2v) is 21.9. The number of anilines is 1. The number of aromatic nitrogens is 4. The van der Waals surface area contributed by atoms with E-state index in [1.165, 1.54) is 39.5 Å². The third-order valence-electron chi connectivity index (χ3n) is 10.4. The fourth-order valence-electron chi connectivity index (χ4n) is 6.72. The molecule has 2 aromatic rings. The highest BCUT2D eigenvalue weighted by molar-refractivity contribution is 8.13. The molecule has 1 aliphatic rings. The topological polar surface area (TPSA) is 395 Å². The molecule has 2 amide bonds. The van der Waals surface area contributed by atoms with Gasteiger partial charge in [-0.05, 0) is 32.1 Å². The Labute approximate surface area is 399 Å². The molecular weight excluding hydrogens is 979 g/mol. The van der Waals surface area contributed by atoms with Gasteiger partial charge in [-0.2, -0.15) is 0 Å². The van der Waals surface area contributed by atoms with Crippen LogP contribution >= 0.6 is 35.2 Å². The van der Waals surface area contributed by atoms with E-state index in [2.05, 4.69) is 62.5 Å². The molecule has 1 aliphatic heterocycles. The normalized spacial score (nSPS) is 20.6. The summed E-state index contributed by atoms with van der Waals surface area (Å²) in [5.41, 5.74) is 4.06. The number of hydrogen-bond acceptors (Lipinski definition) is 23. The molecule has 0 radical (unpaired) electrons. The lowest BCUT2D eigenvalue weighted by molar-refractivity contribution is -0.347. The van der Waals surface area contributed by atoms with Crippen LogP contribution in [-0.2, 0) is 50.7 Å². The Morgan fingerprint density at radius 2 is 1.59 bits per heavy atom. The lowest BCUT2D eigenvalue weighted by Crippen LogP contribution is -2.46. The predicted molar refractivity (Wildman–Crippen MR) is 239 cm³/mol. The summed E-state index contributed by atoms with van der Waals surface area (Å²) < 4.78 is 60.8. The van der Waals surface area contributed by atoms with Crippen LogP contribution in [0.2, 0.25) is 0 Å². The van der Waals surface area contributed by atoms with Crippen molar-refractivity contribution in [3.05, 3.63) is 24.8 Å². The highest BCUT2D eigenvalue weighted by Crippen LogP contribution is 2.56. The minimum Gasteiger partial charge on any atom is -0.790 e. The van der Waals surface area contributed by atoms with E-state index >= 15 is 0 Å². The molecule has 1 fully saturated rings. The number of phosphoric acid groups is 3. The number of nitrogens with zero attached hydrogens (tertiary/aromatic N) is 4. The Morgan fingerprint density at radius 1 is 0.941 bits per heavy atom. The van der Waals surface area contributed by atoms with Crippen molar-refractivity contribution >= 4 is 69.1 Å². The number of nitrogens with two attached hydrogens (primary N) is 1. The van der Waals surface area contributed by atoms with Crippen LogP contribution in [0.4, 0.5) is 5.82 Å². The van der Waals surface area contributed by atoms with E-state index in [0.717, 1.165) is 73.9 Å². The zero-order chi connectivity index (χ0) is 50.5. The van der Waals surface area contributed by atoms with Gasteiger partial charge in [-0.15, -0.1) is 0 Å². The van der Waals surface area contributed by atoms with Crippen molar-refractivity contribution < 1.29 is 85.6 Å². The number of imidazole rings is 1. The van der Waals surface area contributed by atoms with E-state index in [0.29, 0.717) is 6.42 Å². The monoisotopic (exact) mass is 1040 g/mol. The summed E-state index contributed by atoms with van der Waals surface area (Å²) in [6, 6.07) is 0. The fraction of sp³-hybridized carbons (Fsp3) is 0.744. The van der Waals surface area contributed by atoms with Gasteiger partial charge in [0.15, 0.2) is 22.8 Å². The third-order valence-corrected chi connectivity index (χ3v) is 14.4. The molecule has 0 aromatic carbocycles. The van der Waals surface area contributed by atoms with E-state index in [1.807, 2.05) is 0 Å². The molecule has 2 aromatic heterocycles. The second kappa shape index (κ2) is 28.9. The molecule has 29 heteroatoms. The molecule has 0 aliphatic carbocycles. The van der Waals surface area contributed by atoms with E-state index in [4.69, 9.17) is 10.5 Å². The first-order valence-electron chi connectivity index (χ1n) is 22.3. The maximum atomic E-state index is 12.6. The number of nitrogen functional groups attached to an aromatic ring is 1. The SMILES string of the molecule is CCCCCC/C=C\CCCCCCC[C@H](O)CC(=O)SCCNC(=O)CCNC(=O)[C@H](O)C(C)(C)COP(=O)([O-])OP(=O)([O-])OC[C@H]1O[C@@H](n2cnc3c(N)ncnc32)[C@H](O)[C@@H]1OP(=O)([O-])[O-]. The molecule has 1 saturated heterocycles. The number of aliphatic hydroxyl groups excluding tert-OH is 3. The summed E-state index contributed by atoms with van der Waals surface area (Å²) in [4.78, 5) is 96.9. The molecule has 7 N–H and O–H groups in total. The van der Waals surface area contributed by atoms with E-state index in [1.54, 1.807) is 0 Å². The van der Waals surface area contributed by atoms with Gasteiger partial charge in [0, 0.05) is 37.1 Å². The first kappa shape index (κ1) is 59.6. The molecule has 388 valence electrons. The molecule has 0 bridgehead atoms. The second-order valence-electron chi connectivity index (χ2n) is 16.7. The zero-order valence-electron chi connectivity index (χ0n) is 38.3. The molecule has 8 atom stereocenters. The Hall–Kier alpha value is -2.74. The summed E-state index contributed by atoms with van der Waals surface area (Å²) in [6.07, 6.45) is 9.17. The smallest absolute Gasteiger partial charge is 0.274 e. The quantitative estimate of drug-likeness (QED) is 0.0325. The van der Waals surface area contributed by atoms with Gasteiger partial charge in [-0.3, -0.25) is 28.1 Å². The van der Waals surface area contributed by atoms with Gasteiger partial charge in [0.2, 0.25) is 11.8 Å². The van der Waals surface area contributed by atoms with Crippen LogP contribution in [-0.4, -0.2) is 114 Å². The van der Waals surface area contributed by atoms with Gasteiger partial charge >= 0.3 is 0 Å². The van der Waals surface area contributed by atoms with Gasteiger partial charge in [0.05, 0.1) is 33.5 Å². The highest BCUT2D eigenvalue weighted by Gasteiger charge is 2.47. The fourth-order valence-corrected chi connectivity index (χ4v) is 10.2. The zero-order valence-corrected chi connectivity index (χ0v) is 41.8. The Morgan fingerprint density at radius 3 is 2.26 bits per heavy atom. The van der Waals surface area contributed by atoms with Crippen molar-refractivity contribution in [2.75, 3.05) is 37.8 Å². The maximum Gasteiger partial charge on any atom is 0.274 e. The standard InChI is InChI=1S/C39H68N7O18P3S/c1-4-5-6-7-8-9-10-11-12-13-14-15-16-17-27(47)22-30(49)68-21-20-41-29(48)18-19-42-37(52)34(51)39(2,3)24-61-67(58,59)64-66(56,57)60-23-28-33(63-65(53,54)55)32(50)38(62-28)46-26-45-31-35(40)43-25-44-36(31)46/h9-10,25-28,32-34,38,47,50-51H,4-8,11-24H2,1-3H3,(H,41,48)(H,42,52)(H,56,57)(H,58,59)(H2,40,43,44)(H2,53,54,55)/p-4/b10-9-/t27-,28+,32+,33+,34-,38+/m0/s1. The van der Waals surface area contributed by atoms with Crippen LogP contribution in [0.25, 0.3) is 11.2 Å². The number of unbranched alkanes of at least 4 members (excludes halogenated alkanes) is 9. The molecular formula is C39H64N7O18P3S-4. The Balaban J connectivity index is 1.32. The number of rotatable bonds is 34. The number of hydrogen-bond donors (Lipinski definition) is 6. The van der Waals surface area contributed by atoms with Crippen LogP contribution in [0.3, 0.4) is 0 Å². The van der Waals surface area contributed by atoms with Crippen LogP contribution in [0.1, 0.15) is 117 Å². The number of allylic oxidation sites excluding steroid dienone is 2. The molecule has 3 heterocycles. The first-order valence-corrected chi connectivity index (χ1v) is 27.6. The number of phosphoric ester groups is 3. The molecule has 68 heavy (non-hydrogen) atoms. The van der Waals surface area contributed by atoms with E-state index in [9.17, 15) is 63.0 Å². The minimum absolute atomic E-state index is 0.00798. The van der Waals surface area contributed by atoms with Gasteiger partial charge < -0.3 is 74.1 Å². The first-order chi connectivity index (χ1) is 31.9. The molecule has 3 rings (SSSR count).